The summed E-state index contributed by atoms with van der Waals surface area (Å²) in [5.74, 6) is 0.615. The van der Waals surface area contributed by atoms with Crippen molar-refractivity contribution in [2.75, 3.05) is 12.0 Å². The summed E-state index contributed by atoms with van der Waals surface area (Å²) in [4.78, 5) is 15.1. The molecule has 26 heavy (non-hydrogen) atoms. The molecule has 0 bridgehead atoms. The number of nitrogens with zero attached hydrogens (tertiary/aromatic N) is 1. The molecule has 0 spiro atoms. The molecule has 128 valence electrons. The second-order valence-corrected chi connectivity index (χ2v) is 7.47. The molecule has 0 aliphatic carbocycles. The van der Waals surface area contributed by atoms with Crippen LogP contribution in [0.2, 0.25) is 0 Å². The monoisotopic (exact) mass is 377 g/mol. The van der Waals surface area contributed by atoms with Crippen LogP contribution < -0.4 is 9.64 Å². The van der Waals surface area contributed by atoms with Crippen molar-refractivity contribution in [3.8, 4) is 5.75 Å². The van der Waals surface area contributed by atoms with Crippen molar-refractivity contribution in [1.29, 1.82) is 0 Å². The second kappa shape index (κ2) is 6.94. The summed E-state index contributed by atoms with van der Waals surface area (Å²) in [5, 5.41) is 2.21. The summed E-state index contributed by atoms with van der Waals surface area (Å²) < 4.78 is 5.90. The number of para-hydroxylation sites is 1. The number of thiocarbonyl (C=S) groups is 1. The lowest BCUT2D eigenvalue weighted by Crippen LogP contribution is -2.27. The van der Waals surface area contributed by atoms with Gasteiger partial charge in [-0.15, -0.1) is 0 Å². The molecular weight excluding hydrogens is 362 g/mol. The summed E-state index contributed by atoms with van der Waals surface area (Å²) in [7, 11) is 1.62. The van der Waals surface area contributed by atoms with Crippen molar-refractivity contribution in [2.24, 2.45) is 0 Å². The molecule has 0 atom stereocenters. The molecule has 1 saturated heterocycles. The normalized spacial score (nSPS) is 15.9. The van der Waals surface area contributed by atoms with E-state index in [4.69, 9.17) is 17.0 Å². The fourth-order valence-corrected chi connectivity index (χ4v) is 4.22. The molecular formula is C21H15NO2S2. The Bertz CT molecular complexity index is 1060. The quantitative estimate of drug-likeness (QED) is 0.460. The smallest absolute Gasteiger partial charge is 0.270 e. The summed E-state index contributed by atoms with van der Waals surface area (Å²) in [5.41, 5.74) is 1.64. The number of hydrogen-bond acceptors (Lipinski definition) is 4. The topological polar surface area (TPSA) is 29.5 Å². The Morgan fingerprint density at radius 1 is 1.00 bits per heavy atom. The van der Waals surface area contributed by atoms with E-state index in [1.54, 1.807) is 12.0 Å². The molecule has 1 aliphatic rings. The van der Waals surface area contributed by atoms with Crippen LogP contribution in [0.15, 0.2) is 71.6 Å². The molecule has 3 nitrogen and oxygen atoms in total. The molecule has 4 rings (SSSR count). The number of thioether (sulfide) groups is 1. The van der Waals surface area contributed by atoms with Crippen LogP contribution in [0, 0.1) is 0 Å². The third kappa shape index (κ3) is 3.00. The van der Waals surface area contributed by atoms with E-state index in [2.05, 4.69) is 0 Å². The average Bonchev–Trinajstić information content (AvgIpc) is 2.95. The molecule has 1 amide bonds. The lowest BCUT2D eigenvalue weighted by molar-refractivity contribution is -0.113. The molecule has 1 fully saturated rings. The van der Waals surface area contributed by atoms with E-state index < -0.39 is 0 Å². The molecule has 0 radical (unpaired) electrons. The highest BCUT2D eigenvalue weighted by Crippen LogP contribution is 2.37. The van der Waals surface area contributed by atoms with Gasteiger partial charge in [0.05, 0.1) is 17.7 Å². The van der Waals surface area contributed by atoms with E-state index in [0.717, 1.165) is 27.8 Å². The van der Waals surface area contributed by atoms with Gasteiger partial charge in [0.25, 0.3) is 5.91 Å². The highest BCUT2D eigenvalue weighted by atomic mass is 32.2. The largest absolute Gasteiger partial charge is 0.496 e. The standard InChI is InChI=1S/C21H15NO2S2/c1-24-18-9-5-4-8-16(18)13-19-20(23)22(21(25)26-19)17-11-10-14-6-2-3-7-15(14)12-17/h2-13H,1H3/b19-13+. The van der Waals surface area contributed by atoms with E-state index >= 15 is 0 Å². The molecule has 0 unspecified atom stereocenters. The number of anilines is 1. The summed E-state index contributed by atoms with van der Waals surface area (Å²) in [6.45, 7) is 0. The van der Waals surface area contributed by atoms with Crippen LogP contribution in [0.5, 0.6) is 5.75 Å². The van der Waals surface area contributed by atoms with Gasteiger partial charge in [-0.05, 0) is 35.0 Å². The number of amides is 1. The molecule has 5 heteroatoms. The van der Waals surface area contributed by atoms with Crippen molar-refractivity contribution in [3.63, 3.8) is 0 Å². The molecule has 0 saturated carbocycles. The summed E-state index contributed by atoms with van der Waals surface area (Å²) >= 11 is 6.78. The maximum Gasteiger partial charge on any atom is 0.270 e. The van der Waals surface area contributed by atoms with Crippen molar-refractivity contribution in [1.82, 2.24) is 0 Å². The van der Waals surface area contributed by atoms with E-state index in [1.165, 1.54) is 11.8 Å². The number of carbonyl (C=O) groups excluding carboxylic acids is 1. The Labute approximate surface area is 161 Å². The number of hydrogen-bond donors (Lipinski definition) is 0. The molecule has 3 aromatic carbocycles. The van der Waals surface area contributed by atoms with Crippen molar-refractivity contribution in [2.45, 2.75) is 0 Å². The second-order valence-electron chi connectivity index (χ2n) is 5.79. The first-order valence-corrected chi connectivity index (χ1v) is 9.29. The van der Waals surface area contributed by atoms with Crippen LogP contribution in [0.25, 0.3) is 16.8 Å². The van der Waals surface area contributed by atoms with Gasteiger partial charge in [-0.25, -0.2) is 0 Å². The zero-order chi connectivity index (χ0) is 18.1. The predicted molar refractivity (Wildman–Crippen MR) is 113 cm³/mol. The van der Waals surface area contributed by atoms with Gasteiger partial charge in [0, 0.05) is 5.56 Å². The third-order valence-electron chi connectivity index (χ3n) is 4.21. The molecule has 0 N–H and O–H groups in total. The zero-order valence-electron chi connectivity index (χ0n) is 14.0. The van der Waals surface area contributed by atoms with Crippen LogP contribution in [-0.2, 0) is 4.79 Å². The maximum absolute atomic E-state index is 13.0. The predicted octanol–water partition coefficient (Wildman–Crippen LogP) is 5.25. The molecule has 1 heterocycles. The molecule has 3 aromatic rings. The van der Waals surface area contributed by atoms with Gasteiger partial charge in [-0.3, -0.25) is 9.69 Å². The van der Waals surface area contributed by atoms with Crippen molar-refractivity contribution in [3.05, 3.63) is 77.2 Å². The van der Waals surface area contributed by atoms with Crippen molar-refractivity contribution < 1.29 is 9.53 Å². The van der Waals surface area contributed by atoms with E-state index in [9.17, 15) is 4.79 Å². The van der Waals surface area contributed by atoms with Crippen LogP contribution >= 0.6 is 24.0 Å². The van der Waals surface area contributed by atoms with Gasteiger partial charge in [-0.2, -0.15) is 0 Å². The van der Waals surface area contributed by atoms with Crippen LogP contribution in [0.1, 0.15) is 5.56 Å². The number of ether oxygens (including phenoxy) is 1. The summed E-state index contributed by atoms with van der Waals surface area (Å²) in [6, 6.07) is 21.6. The van der Waals surface area contributed by atoms with Gasteiger partial charge in [0.1, 0.15) is 5.75 Å². The molecule has 1 aliphatic heterocycles. The Hall–Kier alpha value is -2.63. The minimum absolute atomic E-state index is 0.110. The number of fused-ring (bicyclic) bond motifs is 1. The Kier molecular flexibility index (Phi) is 4.49. The van der Waals surface area contributed by atoms with Crippen LogP contribution in [0.3, 0.4) is 0 Å². The van der Waals surface area contributed by atoms with Gasteiger partial charge in [-0.1, -0.05) is 72.5 Å². The van der Waals surface area contributed by atoms with E-state index in [-0.39, 0.29) is 5.91 Å². The number of carbonyl (C=O) groups is 1. The van der Waals surface area contributed by atoms with E-state index in [0.29, 0.717) is 9.23 Å². The lowest BCUT2D eigenvalue weighted by Gasteiger charge is -2.15. The lowest BCUT2D eigenvalue weighted by atomic mass is 10.1. The van der Waals surface area contributed by atoms with Crippen LogP contribution in [0.4, 0.5) is 5.69 Å². The minimum atomic E-state index is -0.110. The first kappa shape index (κ1) is 16.8. The highest BCUT2D eigenvalue weighted by molar-refractivity contribution is 8.27. The summed E-state index contributed by atoms with van der Waals surface area (Å²) in [6.07, 6.45) is 1.83. The third-order valence-corrected chi connectivity index (χ3v) is 5.51. The maximum atomic E-state index is 13.0. The van der Waals surface area contributed by atoms with E-state index in [1.807, 2.05) is 72.8 Å². The SMILES string of the molecule is COc1ccccc1/C=C1/SC(=S)N(c2ccc3ccccc3c2)C1=O. The highest BCUT2D eigenvalue weighted by Gasteiger charge is 2.33. The zero-order valence-corrected chi connectivity index (χ0v) is 15.6. The average molecular weight is 377 g/mol. The van der Waals surface area contributed by atoms with Crippen molar-refractivity contribution >= 4 is 56.7 Å². The molecule has 0 aromatic heterocycles. The Balaban J connectivity index is 1.71. The minimum Gasteiger partial charge on any atom is -0.496 e. The fourth-order valence-electron chi connectivity index (χ4n) is 2.93. The Morgan fingerprint density at radius 2 is 1.73 bits per heavy atom. The Morgan fingerprint density at radius 3 is 2.54 bits per heavy atom. The number of benzene rings is 3. The van der Waals surface area contributed by atoms with Gasteiger partial charge in [0.15, 0.2) is 4.32 Å². The number of methoxy groups -OCH3 is 1. The fraction of sp³-hybridized carbons (Fsp3) is 0.0476. The number of rotatable bonds is 3. The van der Waals surface area contributed by atoms with Gasteiger partial charge < -0.3 is 4.74 Å². The first-order valence-electron chi connectivity index (χ1n) is 8.07. The first-order chi connectivity index (χ1) is 12.7. The van der Waals surface area contributed by atoms with Gasteiger partial charge >= 0.3 is 0 Å². The van der Waals surface area contributed by atoms with Crippen LogP contribution in [-0.4, -0.2) is 17.3 Å². The van der Waals surface area contributed by atoms with Gasteiger partial charge in [0.2, 0.25) is 0 Å².